The Morgan fingerprint density at radius 2 is 1.90 bits per heavy atom. The zero-order chi connectivity index (χ0) is 6.91. The molecule has 0 atom stereocenters. The molecule has 0 aromatic carbocycles. The van der Waals surface area contributed by atoms with Crippen molar-refractivity contribution in [1.29, 1.82) is 0 Å². The van der Waals surface area contributed by atoms with Gasteiger partial charge in [0.15, 0.2) is 0 Å². The van der Waals surface area contributed by atoms with Gasteiger partial charge in [-0.1, -0.05) is 0 Å². The molecule has 0 saturated carbocycles. The molecule has 0 amide bonds. The van der Waals surface area contributed by atoms with Crippen molar-refractivity contribution >= 4 is 12.4 Å². The van der Waals surface area contributed by atoms with Crippen LogP contribution in [0, 0.1) is 0 Å². The van der Waals surface area contributed by atoms with Crippen LogP contribution >= 0.6 is 12.4 Å². The zero-order valence-electron chi connectivity index (χ0n) is 5.24. The lowest BCUT2D eigenvalue weighted by Gasteiger charge is -2.34. The molecule has 1 aliphatic rings. The first-order valence-corrected chi connectivity index (χ1v) is 2.80. The summed E-state index contributed by atoms with van der Waals surface area (Å²) in [6.07, 6.45) is -3.14. The maximum Gasteiger partial charge on any atom is 0.241 e. The normalized spacial score (nSPS) is 21.6. The highest BCUT2D eigenvalue weighted by molar-refractivity contribution is 5.85. The highest BCUT2D eigenvalue weighted by Gasteiger charge is 2.39. The van der Waals surface area contributed by atoms with Gasteiger partial charge in [-0.3, -0.25) is 0 Å². The van der Waals surface area contributed by atoms with Crippen LogP contribution in [-0.4, -0.2) is 25.2 Å². The Labute approximate surface area is 63.4 Å². The van der Waals surface area contributed by atoms with Gasteiger partial charge in [0, 0.05) is 19.5 Å². The summed E-state index contributed by atoms with van der Waals surface area (Å²) in [6, 6.07) is 0. The molecule has 0 radical (unpaired) electrons. The maximum absolute atomic E-state index is 12.6. The molecule has 1 N–H and O–H groups in total. The summed E-state index contributed by atoms with van der Waals surface area (Å²) < 4.78 is 35.6. The number of halogens is 4. The molecule has 0 aliphatic carbocycles. The molecule has 0 spiro atoms. The molecule has 1 aliphatic heterocycles. The van der Waals surface area contributed by atoms with Crippen LogP contribution in [0.15, 0.2) is 0 Å². The van der Waals surface area contributed by atoms with Crippen molar-refractivity contribution in [2.24, 2.45) is 0 Å². The van der Waals surface area contributed by atoms with Crippen molar-refractivity contribution < 1.29 is 13.2 Å². The third-order valence-electron chi connectivity index (χ3n) is 1.40. The molecule has 0 unspecified atom stereocenters. The van der Waals surface area contributed by atoms with Crippen molar-refractivity contribution in [3.63, 3.8) is 0 Å². The van der Waals surface area contributed by atoms with E-state index >= 15 is 0 Å². The summed E-state index contributed by atoms with van der Waals surface area (Å²) >= 11 is 0. The van der Waals surface area contributed by atoms with E-state index in [4.69, 9.17) is 0 Å². The first-order chi connectivity index (χ1) is 4.12. The predicted molar refractivity (Wildman–Crippen MR) is 34.6 cm³/mol. The van der Waals surface area contributed by atoms with E-state index in [9.17, 15) is 13.2 Å². The molecule has 62 valence electrons. The lowest BCUT2D eigenvalue weighted by Crippen LogP contribution is -2.57. The summed E-state index contributed by atoms with van der Waals surface area (Å²) in [7, 11) is 0. The predicted octanol–water partition coefficient (Wildman–Crippen LogP) is 1.37. The molecule has 5 heteroatoms. The zero-order valence-corrected chi connectivity index (χ0v) is 6.06. The van der Waals surface area contributed by atoms with Crippen LogP contribution in [0.3, 0.4) is 0 Å². The second-order valence-electron chi connectivity index (χ2n) is 2.35. The van der Waals surface area contributed by atoms with Crippen molar-refractivity contribution in [2.45, 2.75) is 18.5 Å². The van der Waals surface area contributed by atoms with E-state index in [2.05, 4.69) is 5.32 Å². The second kappa shape index (κ2) is 3.44. The number of hydrogen-bond donors (Lipinski definition) is 1. The van der Waals surface area contributed by atoms with Crippen molar-refractivity contribution in [3.8, 4) is 0 Å². The molecular formula is C5H9ClF3N. The van der Waals surface area contributed by atoms with E-state index in [1.807, 2.05) is 0 Å². The van der Waals surface area contributed by atoms with Gasteiger partial charge in [-0.2, -0.15) is 0 Å². The van der Waals surface area contributed by atoms with Crippen molar-refractivity contribution in [1.82, 2.24) is 5.32 Å². The van der Waals surface area contributed by atoms with Gasteiger partial charge in [0.1, 0.15) is 5.67 Å². The summed E-state index contributed by atoms with van der Waals surface area (Å²) in [5, 5.41) is 2.60. The van der Waals surface area contributed by atoms with Gasteiger partial charge in [0.2, 0.25) is 6.43 Å². The topological polar surface area (TPSA) is 12.0 Å². The van der Waals surface area contributed by atoms with E-state index < -0.39 is 18.5 Å². The van der Waals surface area contributed by atoms with Gasteiger partial charge in [0.05, 0.1) is 0 Å². The Kier molecular flexibility index (Phi) is 3.45. The van der Waals surface area contributed by atoms with Gasteiger partial charge in [-0.15, -0.1) is 12.4 Å². The monoisotopic (exact) mass is 175 g/mol. The van der Waals surface area contributed by atoms with E-state index in [1.165, 1.54) is 0 Å². The standard InChI is InChI=1S/C5H8F3N.ClH/c6-4(7)1-5(8)2-9-3-5;/h4,9H,1-3H2;1H. The van der Waals surface area contributed by atoms with Crippen LogP contribution in [-0.2, 0) is 0 Å². The van der Waals surface area contributed by atoms with E-state index in [1.54, 1.807) is 0 Å². The number of rotatable bonds is 2. The fourth-order valence-electron chi connectivity index (χ4n) is 0.817. The van der Waals surface area contributed by atoms with Crippen LogP contribution in [0.5, 0.6) is 0 Å². The summed E-state index contributed by atoms with van der Waals surface area (Å²) in [4.78, 5) is 0. The van der Waals surface area contributed by atoms with Crippen molar-refractivity contribution in [3.05, 3.63) is 0 Å². The quantitative estimate of drug-likeness (QED) is 0.669. The third kappa shape index (κ3) is 2.34. The fourth-order valence-corrected chi connectivity index (χ4v) is 0.817. The molecule has 0 aromatic rings. The minimum atomic E-state index is -2.52. The highest BCUT2D eigenvalue weighted by atomic mass is 35.5. The Balaban J connectivity index is 0.000000810. The molecule has 1 rings (SSSR count). The molecule has 0 bridgehead atoms. The molecule has 1 fully saturated rings. The van der Waals surface area contributed by atoms with E-state index in [0.29, 0.717) is 0 Å². The van der Waals surface area contributed by atoms with Gasteiger partial charge in [0.25, 0.3) is 0 Å². The fraction of sp³-hybridized carbons (Fsp3) is 1.00. The molecule has 1 saturated heterocycles. The van der Waals surface area contributed by atoms with Crippen LogP contribution in [0.2, 0.25) is 0 Å². The molecule has 0 aromatic heterocycles. The van der Waals surface area contributed by atoms with Crippen LogP contribution in [0.25, 0.3) is 0 Å². The summed E-state index contributed by atoms with van der Waals surface area (Å²) in [5.41, 5.74) is -1.62. The number of nitrogens with one attached hydrogen (secondary N) is 1. The SMILES string of the molecule is Cl.FC(F)CC1(F)CNC1. The Morgan fingerprint density at radius 3 is 2.00 bits per heavy atom. The first kappa shape index (κ1) is 10.0. The number of alkyl halides is 3. The first-order valence-electron chi connectivity index (χ1n) is 2.80. The van der Waals surface area contributed by atoms with Gasteiger partial charge in [-0.25, -0.2) is 13.2 Å². The molecule has 1 heterocycles. The minimum absolute atomic E-state index is 0. The summed E-state index contributed by atoms with van der Waals surface area (Å²) in [6.45, 7) is 0.161. The Bertz CT molecular complexity index is 105. The average molecular weight is 176 g/mol. The average Bonchev–Trinajstić information content (AvgIpc) is 1.60. The van der Waals surface area contributed by atoms with Crippen LogP contribution in [0.1, 0.15) is 6.42 Å². The second-order valence-corrected chi connectivity index (χ2v) is 2.35. The minimum Gasteiger partial charge on any atom is -0.310 e. The van der Waals surface area contributed by atoms with Crippen LogP contribution in [0.4, 0.5) is 13.2 Å². The van der Waals surface area contributed by atoms with Crippen LogP contribution < -0.4 is 5.32 Å². The third-order valence-corrected chi connectivity index (χ3v) is 1.40. The number of hydrogen-bond acceptors (Lipinski definition) is 1. The Morgan fingerprint density at radius 1 is 1.40 bits per heavy atom. The smallest absolute Gasteiger partial charge is 0.241 e. The lowest BCUT2D eigenvalue weighted by atomic mass is 9.96. The molecule has 1 nitrogen and oxygen atoms in total. The Hall–Kier alpha value is 0.0400. The largest absolute Gasteiger partial charge is 0.310 e. The maximum atomic E-state index is 12.6. The van der Waals surface area contributed by atoms with E-state index in [-0.39, 0.29) is 25.5 Å². The van der Waals surface area contributed by atoms with E-state index in [0.717, 1.165) is 0 Å². The molecular weight excluding hydrogens is 167 g/mol. The van der Waals surface area contributed by atoms with Gasteiger partial charge in [-0.05, 0) is 0 Å². The molecule has 10 heavy (non-hydrogen) atoms. The highest BCUT2D eigenvalue weighted by Crippen LogP contribution is 2.24. The lowest BCUT2D eigenvalue weighted by molar-refractivity contribution is 0.00899. The van der Waals surface area contributed by atoms with Crippen molar-refractivity contribution in [2.75, 3.05) is 13.1 Å². The van der Waals surface area contributed by atoms with Gasteiger partial charge < -0.3 is 5.32 Å². The summed E-state index contributed by atoms with van der Waals surface area (Å²) in [5.74, 6) is 0. The van der Waals surface area contributed by atoms with Gasteiger partial charge >= 0.3 is 0 Å².